The Morgan fingerprint density at radius 1 is 0.848 bits per heavy atom. The molecule has 5 rings (SSSR count). The van der Waals surface area contributed by atoms with Crippen LogP contribution in [0.25, 0.3) is 16.6 Å². The fourth-order valence-electron chi connectivity index (χ4n) is 4.41. The second-order valence-corrected chi connectivity index (χ2v) is 8.33. The molecular formula is C26H24N4O3. The van der Waals surface area contributed by atoms with Crippen LogP contribution < -0.4 is 16.2 Å². The van der Waals surface area contributed by atoms with Crippen LogP contribution in [0, 0.1) is 0 Å². The van der Waals surface area contributed by atoms with E-state index < -0.39 is 0 Å². The minimum Gasteiger partial charge on any atom is -0.361 e. The minimum atomic E-state index is -0.194. The average Bonchev–Trinajstić information content (AvgIpc) is 3.48. The van der Waals surface area contributed by atoms with Gasteiger partial charge in [0.2, 0.25) is 0 Å². The number of aromatic amines is 1. The number of amides is 2. The first kappa shape index (κ1) is 20.8. The van der Waals surface area contributed by atoms with Gasteiger partial charge in [0.25, 0.3) is 17.4 Å². The molecular weight excluding hydrogens is 416 g/mol. The molecule has 2 heterocycles. The van der Waals surface area contributed by atoms with Crippen molar-refractivity contribution in [2.24, 2.45) is 0 Å². The molecule has 4 aromatic rings. The molecule has 7 heteroatoms. The number of nitrogens with one attached hydrogen (secondary N) is 3. The van der Waals surface area contributed by atoms with Gasteiger partial charge in [-0.05, 0) is 73.2 Å². The lowest BCUT2D eigenvalue weighted by atomic mass is 10.1. The zero-order valence-electron chi connectivity index (χ0n) is 18.0. The molecule has 1 aliphatic carbocycles. The smallest absolute Gasteiger partial charge is 0.255 e. The molecule has 0 radical (unpaired) electrons. The number of hydrogen-bond donors (Lipinski definition) is 3. The predicted molar refractivity (Wildman–Crippen MR) is 127 cm³/mol. The van der Waals surface area contributed by atoms with Crippen LogP contribution in [0.3, 0.4) is 0 Å². The number of nitrogens with zero attached hydrogens (tertiary/aromatic N) is 1. The third-order valence-electron chi connectivity index (χ3n) is 6.20. The Morgan fingerprint density at radius 2 is 1.55 bits per heavy atom. The number of carbonyl (C=O) groups is 2. The summed E-state index contributed by atoms with van der Waals surface area (Å²) in [5.74, 6) is -0.337. The predicted octanol–water partition coefficient (Wildman–Crippen LogP) is 3.40. The summed E-state index contributed by atoms with van der Waals surface area (Å²) in [5.41, 5.74) is 2.59. The summed E-state index contributed by atoms with van der Waals surface area (Å²) < 4.78 is 1.52. The quantitative estimate of drug-likeness (QED) is 0.444. The van der Waals surface area contributed by atoms with Gasteiger partial charge in [0, 0.05) is 52.9 Å². The van der Waals surface area contributed by atoms with Crippen molar-refractivity contribution in [2.45, 2.75) is 31.3 Å². The van der Waals surface area contributed by atoms with Gasteiger partial charge in [0.15, 0.2) is 0 Å². The summed E-state index contributed by atoms with van der Waals surface area (Å²) in [6.45, 7) is 0. The van der Waals surface area contributed by atoms with E-state index in [0.29, 0.717) is 16.8 Å². The Kier molecular flexibility index (Phi) is 5.52. The number of pyridine rings is 1. The number of fused-ring (bicyclic) bond motifs is 1. The van der Waals surface area contributed by atoms with Gasteiger partial charge < -0.3 is 15.6 Å². The second-order valence-electron chi connectivity index (χ2n) is 8.33. The molecule has 1 aliphatic rings. The molecule has 1 fully saturated rings. The monoisotopic (exact) mass is 440 g/mol. The van der Waals surface area contributed by atoms with Gasteiger partial charge in [-0.15, -0.1) is 0 Å². The molecule has 0 saturated heterocycles. The molecule has 2 aromatic heterocycles. The Bertz CT molecular complexity index is 1370. The Labute approximate surface area is 190 Å². The number of hydrogen-bond acceptors (Lipinski definition) is 3. The molecule has 0 aliphatic heterocycles. The summed E-state index contributed by atoms with van der Waals surface area (Å²) in [4.78, 5) is 40.8. The van der Waals surface area contributed by atoms with Gasteiger partial charge in [-0.1, -0.05) is 12.1 Å². The van der Waals surface area contributed by atoms with E-state index >= 15 is 0 Å². The van der Waals surface area contributed by atoms with Crippen molar-refractivity contribution >= 4 is 22.7 Å². The molecule has 1 saturated carbocycles. The Balaban J connectivity index is 1.24. The van der Waals surface area contributed by atoms with E-state index in [2.05, 4.69) is 15.6 Å². The van der Waals surface area contributed by atoms with Gasteiger partial charge >= 0.3 is 0 Å². The van der Waals surface area contributed by atoms with E-state index in [-0.39, 0.29) is 29.5 Å². The molecule has 166 valence electrons. The number of carbonyl (C=O) groups excluding carboxylic acids is 2. The molecule has 2 unspecified atom stereocenters. The van der Waals surface area contributed by atoms with E-state index in [9.17, 15) is 14.4 Å². The third kappa shape index (κ3) is 4.30. The molecule has 0 spiro atoms. The molecule has 2 aromatic carbocycles. The lowest BCUT2D eigenvalue weighted by molar-refractivity contribution is 0.0892. The highest BCUT2D eigenvalue weighted by molar-refractivity contribution is 5.98. The van der Waals surface area contributed by atoms with Gasteiger partial charge in [-0.25, -0.2) is 0 Å². The SMILES string of the molecule is O=C(NC1CCCC1NC(=O)c1ccc2cc[nH]c2c1)c1ccc(-n2ccccc2=O)cc1. The normalized spacial score (nSPS) is 17.7. The number of aromatic nitrogens is 2. The highest BCUT2D eigenvalue weighted by Crippen LogP contribution is 2.21. The topological polar surface area (TPSA) is 96.0 Å². The van der Waals surface area contributed by atoms with E-state index in [1.165, 1.54) is 10.6 Å². The zero-order valence-corrected chi connectivity index (χ0v) is 18.0. The van der Waals surface area contributed by atoms with Crippen LogP contribution in [-0.2, 0) is 0 Å². The van der Waals surface area contributed by atoms with Crippen molar-refractivity contribution in [3.8, 4) is 5.69 Å². The molecule has 33 heavy (non-hydrogen) atoms. The number of rotatable bonds is 5. The van der Waals surface area contributed by atoms with Crippen LogP contribution in [0.5, 0.6) is 0 Å². The van der Waals surface area contributed by atoms with Crippen molar-refractivity contribution in [1.82, 2.24) is 20.2 Å². The highest BCUT2D eigenvalue weighted by Gasteiger charge is 2.30. The Hall–Kier alpha value is -4.13. The highest BCUT2D eigenvalue weighted by atomic mass is 16.2. The number of benzene rings is 2. The molecule has 0 bridgehead atoms. The minimum absolute atomic E-state index is 0.122. The van der Waals surface area contributed by atoms with Crippen molar-refractivity contribution in [1.29, 1.82) is 0 Å². The van der Waals surface area contributed by atoms with Crippen molar-refractivity contribution < 1.29 is 9.59 Å². The first-order chi connectivity index (χ1) is 16.1. The molecule has 7 nitrogen and oxygen atoms in total. The second kappa shape index (κ2) is 8.78. The Morgan fingerprint density at radius 3 is 2.27 bits per heavy atom. The van der Waals surface area contributed by atoms with Crippen LogP contribution in [0.2, 0.25) is 0 Å². The summed E-state index contributed by atoms with van der Waals surface area (Å²) in [5, 5.41) is 7.22. The lowest BCUT2D eigenvalue weighted by Gasteiger charge is -2.22. The van der Waals surface area contributed by atoms with Crippen LogP contribution in [-0.4, -0.2) is 33.4 Å². The van der Waals surface area contributed by atoms with Crippen molar-refractivity contribution in [2.75, 3.05) is 0 Å². The first-order valence-electron chi connectivity index (χ1n) is 11.1. The summed E-state index contributed by atoms with van der Waals surface area (Å²) in [6, 6.07) is 19.2. The standard InChI is InChI=1S/C26H24N4O3/c31-24-6-1-2-15-30(24)20-11-9-18(10-12-20)25(32)28-21-4-3-5-22(21)29-26(33)19-8-7-17-13-14-27-23(17)16-19/h1-2,6-16,21-22,27H,3-5H2,(H,28,32)(H,29,33). The lowest BCUT2D eigenvalue weighted by Crippen LogP contribution is -2.48. The molecule has 2 amide bonds. The fourth-order valence-corrected chi connectivity index (χ4v) is 4.41. The van der Waals surface area contributed by atoms with E-state index in [1.54, 1.807) is 42.6 Å². The number of H-pyrrole nitrogens is 1. The zero-order chi connectivity index (χ0) is 22.8. The van der Waals surface area contributed by atoms with Gasteiger partial charge in [0.05, 0.1) is 0 Å². The van der Waals surface area contributed by atoms with Crippen LogP contribution >= 0.6 is 0 Å². The largest absolute Gasteiger partial charge is 0.361 e. The summed E-state index contributed by atoms with van der Waals surface area (Å²) >= 11 is 0. The molecule has 2 atom stereocenters. The maximum absolute atomic E-state index is 12.8. The van der Waals surface area contributed by atoms with Gasteiger partial charge in [-0.2, -0.15) is 0 Å². The van der Waals surface area contributed by atoms with Crippen molar-refractivity contribution in [3.05, 3.63) is 101 Å². The first-order valence-corrected chi connectivity index (χ1v) is 11.1. The molecule has 3 N–H and O–H groups in total. The fraction of sp³-hybridized carbons (Fsp3) is 0.192. The van der Waals surface area contributed by atoms with E-state index in [1.807, 2.05) is 30.5 Å². The van der Waals surface area contributed by atoms with E-state index in [4.69, 9.17) is 0 Å². The van der Waals surface area contributed by atoms with Gasteiger partial charge in [0.1, 0.15) is 0 Å². The maximum atomic E-state index is 12.8. The van der Waals surface area contributed by atoms with Crippen LogP contribution in [0.1, 0.15) is 40.0 Å². The van der Waals surface area contributed by atoms with Crippen molar-refractivity contribution in [3.63, 3.8) is 0 Å². The van der Waals surface area contributed by atoms with Crippen LogP contribution in [0.15, 0.2) is 83.9 Å². The maximum Gasteiger partial charge on any atom is 0.255 e. The van der Waals surface area contributed by atoms with E-state index in [0.717, 1.165) is 30.2 Å². The van der Waals surface area contributed by atoms with Crippen LogP contribution in [0.4, 0.5) is 0 Å². The average molecular weight is 441 g/mol. The third-order valence-corrected chi connectivity index (χ3v) is 6.20. The summed E-state index contributed by atoms with van der Waals surface area (Å²) in [6.07, 6.45) is 6.10. The van der Waals surface area contributed by atoms with Gasteiger partial charge in [-0.3, -0.25) is 19.0 Å². The summed E-state index contributed by atoms with van der Waals surface area (Å²) in [7, 11) is 0.